The predicted molar refractivity (Wildman–Crippen MR) is 125 cm³/mol. The van der Waals surface area contributed by atoms with Crippen molar-refractivity contribution >= 4 is 11.8 Å². The Balaban J connectivity index is 1.39. The largest absolute Gasteiger partial charge is 0.497 e. The summed E-state index contributed by atoms with van der Waals surface area (Å²) in [5, 5.41) is 3.24. The van der Waals surface area contributed by atoms with E-state index in [1.807, 2.05) is 65.6 Å². The summed E-state index contributed by atoms with van der Waals surface area (Å²) in [4.78, 5) is 28.0. The van der Waals surface area contributed by atoms with Gasteiger partial charge < -0.3 is 15.0 Å². The molecule has 4 rings (SSSR count). The van der Waals surface area contributed by atoms with Crippen LogP contribution in [-0.4, -0.2) is 43.0 Å². The number of benzene rings is 3. The standard InChI is InChI=1S/C27H28N2O3/c1-32-24-14-12-22(13-15-24)27(31)29-18-16-23(17-19-29)28-26(30)25(20-8-4-2-5-9-20)21-10-6-3-7-11-21/h2-15,23,25H,16-19H2,1H3,(H,28,30). The van der Waals surface area contributed by atoms with E-state index in [4.69, 9.17) is 4.74 Å². The highest BCUT2D eigenvalue weighted by Crippen LogP contribution is 2.26. The predicted octanol–water partition coefficient (Wildman–Crippen LogP) is 4.25. The zero-order chi connectivity index (χ0) is 22.3. The summed E-state index contributed by atoms with van der Waals surface area (Å²) in [6.07, 6.45) is 1.48. The van der Waals surface area contributed by atoms with E-state index < -0.39 is 0 Å². The minimum Gasteiger partial charge on any atom is -0.497 e. The first-order chi connectivity index (χ1) is 15.7. The number of nitrogens with one attached hydrogen (secondary N) is 1. The Labute approximate surface area is 189 Å². The molecule has 1 aliphatic rings. The van der Waals surface area contributed by atoms with Crippen molar-refractivity contribution in [3.63, 3.8) is 0 Å². The Morgan fingerprint density at radius 2 is 1.38 bits per heavy atom. The normalized spacial score (nSPS) is 14.2. The number of hydrogen-bond acceptors (Lipinski definition) is 3. The number of piperidine rings is 1. The maximum atomic E-state index is 13.3. The molecular weight excluding hydrogens is 400 g/mol. The fourth-order valence-corrected chi connectivity index (χ4v) is 4.21. The van der Waals surface area contributed by atoms with Gasteiger partial charge in [-0.3, -0.25) is 9.59 Å². The first kappa shape index (κ1) is 21.6. The smallest absolute Gasteiger partial charge is 0.253 e. The number of nitrogens with zero attached hydrogens (tertiary/aromatic N) is 1. The van der Waals surface area contributed by atoms with Gasteiger partial charge in [0.1, 0.15) is 5.75 Å². The molecule has 3 aromatic rings. The van der Waals surface area contributed by atoms with E-state index >= 15 is 0 Å². The lowest BCUT2D eigenvalue weighted by Gasteiger charge is -2.33. The van der Waals surface area contributed by atoms with Crippen LogP contribution in [0.25, 0.3) is 0 Å². The molecule has 5 heteroatoms. The second-order valence-corrected chi connectivity index (χ2v) is 8.06. The second kappa shape index (κ2) is 10.1. The van der Waals surface area contributed by atoms with E-state index in [1.54, 1.807) is 31.4 Å². The number of amides is 2. The topological polar surface area (TPSA) is 58.6 Å². The minimum atomic E-state index is -0.351. The molecule has 0 saturated carbocycles. The van der Waals surface area contributed by atoms with Crippen LogP contribution in [0.5, 0.6) is 5.75 Å². The average Bonchev–Trinajstić information content (AvgIpc) is 2.85. The first-order valence-corrected chi connectivity index (χ1v) is 11.0. The number of rotatable bonds is 6. The van der Waals surface area contributed by atoms with E-state index in [1.165, 1.54) is 0 Å². The van der Waals surface area contributed by atoms with Crippen LogP contribution < -0.4 is 10.1 Å². The highest BCUT2D eigenvalue weighted by molar-refractivity contribution is 5.94. The average molecular weight is 429 g/mol. The third kappa shape index (κ3) is 4.99. The molecule has 1 N–H and O–H groups in total. The van der Waals surface area contributed by atoms with Gasteiger partial charge in [0.2, 0.25) is 5.91 Å². The van der Waals surface area contributed by atoms with E-state index in [-0.39, 0.29) is 23.8 Å². The highest BCUT2D eigenvalue weighted by atomic mass is 16.5. The molecule has 0 unspecified atom stereocenters. The molecule has 0 bridgehead atoms. The van der Waals surface area contributed by atoms with Crippen LogP contribution in [0.15, 0.2) is 84.9 Å². The summed E-state index contributed by atoms with van der Waals surface area (Å²) in [5.41, 5.74) is 2.60. The van der Waals surface area contributed by atoms with Crippen molar-refractivity contribution in [3.05, 3.63) is 102 Å². The van der Waals surface area contributed by atoms with Gasteiger partial charge in [0, 0.05) is 24.7 Å². The number of carbonyl (C=O) groups is 2. The maximum absolute atomic E-state index is 13.3. The van der Waals surface area contributed by atoms with Gasteiger partial charge in [-0.2, -0.15) is 0 Å². The molecule has 0 aromatic heterocycles. The Kier molecular flexibility index (Phi) is 6.85. The quantitative estimate of drug-likeness (QED) is 0.639. The molecule has 0 atom stereocenters. The van der Waals surface area contributed by atoms with Crippen molar-refractivity contribution in [2.75, 3.05) is 20.2 Å². The van der Waals surface area contributed by atoms with Crippen molar-refractivity contribution in [2.24, 2.45) is 0 Å². The molecule has 1 fully saturated rings. The number of hydrogen-bond donors (Lipinski definition) is 1. The Morgan fingerprint density at radius 1 is 0.844 bits per heavy atom. The van der Waals surface area contributed by atoms with Crippen LogP contribution in [-0.2, 0) is 4.79 Å². The number of methoxy groups -OCH3 is 1. The third-order valence-electron chi connectivity index (χ3n) is 5.99. The lowest BCUT2D eigenvalue weighted by Crippen LogP contribution is -2.47. The number of ether oxygens (including phenoxy) is 1. The van der Waals surface area contributed by atoms with E-state index in [0.717, 1.165) is 29.7 Å². The van der Waals surface area contributed by atoms with Crippen LogP contribution >= 0.6 is 0 Å². The van der Waals surface area contributed by atoms with Gasteiger partial charge in [-0.25, -0.2) is 0 Å². The van der Waals surface area contributed by atoms with Crippen LogP contribution in [0.3, 0.4) is 0 Å². The minimum absolute atomic E-state index is 0.00216. The van der Waals surface area contributed by atoms with Crippen molar-refractivity contribution in [2.45, 2.75) is 24.8 Å². The second-order valence-electron chi connectivity index (χ2n) is 8.06. The van der Waals surface area contributed by atoms with Gasteiger partial charge in [0.15, 0.2) is 0 Å². The Bertz CT molecular complexity index is 988. The number of likely N-dealkylation sites (tertiary alicyclic amines) is 1. The van der Waals surface area contributed by atoms with Crippen molar-refractivity contribution in [1.29, 1.82) is 0 Å². The molecule has 2 amide bonds. The molecule has 3 aromatic carbocycles. The SMILES string of the molecule is COc1ccc(C(=O)N2CCC(NC(=O)C(c3ccccc3)c3ccccc3)CC2)cc1. The van der Waals surface area contributed by atoms with Crippen LogP contribution in [0.1, 0.15) is 40.2 Å². The highest BCUT2D eigenvalue weighted by Gasteiger charge is 2.28. The molecule has 164 valence electrons. The monoisotopic (exact) mass is 428 g/mol. The molecule has 32 heavy (non-hydrogen) atoms. The fraction of sp³-hybridized carbons (Fsp3) is 0.259. The third-order valence-corrected chi connectivity index (χ3v) is 5.99. The van der Waals surface area contributed by atoms with Gasteiger partial charge in [0.25, 0.3) is 5.91 Å². The Morgan fingerprint density at radius 3 is 1.88 bits per heavy atom. The van der Waals surface area contributed by atoms with Crippen LogP contribution in [0.2, 0.25) is 0 Å². The summed E-state index contributed by atoms with van der Waals surface area (Å²) < 4.78 is 5.16. The van der Waals surface area contributed by atoms with Gasteiger partial charge >= 0.3 is 0 Å². The first-order valence-electron chi connectivity index (χ1n) is 11.0. The van der Waals surface area contributed by atoms with Crippen molar-refractivity contribution < 1.29 is 14.3 Å². The summed E-state index contributed by atoms with van der Waals surface area (Å²) in [5.74, 6) is 0.400. The van der Waals surface area contributed by atoms with Crippen molar-refractivity contribution in [3.8, 4) is 5.75 Å². The van der Waals surface area contributed by atoms with Crippen LogP contribution in [0.4, 0.5) is 0 Å². The molecule has 0 spiro atoms. The Hall–Kier alpha value is -3.60. The lowest BCUT2D eigenvalue weighted by molar-refractivity contribution is -0.122. The zero-order valence-electron chi connectivity index (χ0n) is 18.2. The summed E-state index contributed by atoms with van der Waals surface area (Å²) in [7, 11) is 1.61. The zero-order valence-corrected chi connectivity index (χ0v) is 18.2. The van der Waals surface area contributed by atoms with Crippen LogP contribution in [0, 0.1) is 0 Å². The molecule has 1 heterocycles. The summed E-state index contributed by atoms with van der Waals surface area (Å²) in [6, 6.07) is 27.0. The van der Waals surface area contributed by atoms with E-state index in [2.05, 4.69) is 5.32 Å². The van der Waals surface area contributed by atoms with Gasteiger partial charge in [-0.1, -0.05) is 60.7 Å². The number of carbonyl (C=O) groups excluding carboxylic acids is 2. The maximum Gasteiger partial charge on any atom is 0.253 e. The molecule has 0 aliphatic carbocycles. The molecule has 1 aliphatic heterocycles. The van der Waals surface area contributed by atoms with E-state index in [0.29, 0.717) is 18.7 Å². The van der Waals surface area contributed by atoms with E-state index in [9.17, 15) is 9.59 Å². The van der Waals surface area contributed by atoms with Gasteiger partial charge in [-0.15, -0.1) is 0 Å². The molecular formula is C27H28N2O3. The van der Waals surface area contributed by atoms with Gasteiger partial charge in [0.05, 0.1) is 13.0 Å². The lowest BCUT2D eigenvalue weighted by atomic mass is 9.90. The van der Waals surface area contributed by atoms with Crippen molar-refractivity contribution in [1.82, 2.24) is 10.2 Å². The summed E-state index contributed by atoms with van der Waals surface area (Å²) >= 11 is 0. The molecule has 5 nitrogen and oxygen atoms in total. The summed E-state index contributed by atoms with van der Waals surface area (Å²) in [6.45, 7) is 1.24. The van der Waals surface area contributed by atoms with Gasteiger partial charge in [-0.05, 0) is 48.2 Å². The fourth-order valence-electron chi connectivity index (χ4n) is 4.21. The molecule has 0 radical (unpaired) electrons. The molecule has 1 saturated heterocycles.